The van der Waals surface area contributed by atoms with E-state index in [1.165, 1.54) is 0 Å². The van der Waals surface area contributed by atoms with E-state index in [-0.39, 0.29) is 11.9 Å². The number of aromatic nitrogens is 3. The van der Waals surface area contributed by atoms with Crippen molar-refractivity contribution >= 4 is 5.91 Å². The number of para-hydroxylation sites is 1. The summed E-state index contributed by atoms with van der Waals surface area (Å²) in [6, 6.07) is 7.67. The van der Waals surface area contributed by atoms with Gasteiger partial charge in [-0.15, -0.1) is 10.2 Å². The van der Waals surface area contributed by atoms with Crippen molar-refractivity contribution in [1.29, 1.82) is 0 Å². The molecule has 1 aromatic carbocycles. The molecule has 2 aromatic rings. The van der Waals surface area contributed by atoms with E-state index >= 15 is 0 Å². The van der Waals surface area contributed by atoms with Crippen LogP contribution in [0.15, 0.2) is 36.9 Å². The minimum absolute atomic E-state index is 0.0365. The predicted octanol–water partition coefficient (Wildman–Crippen LogP) is 1.22. The lowest BCUT2D eigenvalue weighted by Gasteiger charge is -2.35. The molecule has 6 nitrogen and oxygen atoms in total. The van der Waals surface area contributed by atoms with E-state index in [1.807, 2.05) is 29.2 Å². The van der Waals surface area contributed by atoms with Crippen molar-refractivity contribution in [2.45, 2.75) is 25.3 Å². The van der Waals surface area contributed by atoms with Gasteiger partial charge in [-0.05, 0) is 31.4 Å². The lowest BCUT2D eigenvalue weighted by molar-refractivity contribution is 0.0623. The number of nitrogens with two attached hydrogens (primary N) is 1. The highest BCUT2D eigenvalue weighted by molar-refractivity contribution is 5.98. The molecule has 1 atom stereocenters. The van der Waals surface area contributed by atoms with E-state index in [2.05, 4.69) is 10.2 Å². The zero-order chi connectivity index (χ0) is 14.7. The van der Waals surface area contributed by atoms with Crippen LogP contribution in [0.25, 0.3) is 5.69 Å². The maximum absolute atomic E-state index is 12.9. The number of piperidine rings is 1. The van der Waals surface area contributed by atoms with Crippen LogP contribution in [0.4, 0.5) is 0 Å². The van der Waals surface area contributed by atoms with Crippen molar-refractivity contribution in [1.82, 2.24) is 19.7 Å². The molecule has 3 rings (SSSR count). The first-order valence-corrected chi connectivity index (χ1v) is 7.26. The van der Waals surface area contributed by atoms with E-state index in [0.717, 1.165) is 31.5 Å². The quantitative estimate of drug-likeness (QED) is 0.920. The number of hydrogen-bond acceptors (Lipinski definition) is 4. The average Bonchev–Trinajstić information content (AvgIpc) is 3.08. The Morgan fingerprint density at radius 1 is 1.24 bits per heavy atom. The third-order valence-corrected chi connectivity index (χ3v) is 3.99. The molecule has 1 aliphatic heterocycles. The summed E-state index contributed by atoms with van der Waals surface area (Å²) in [6.07, 6.45) is 6.36. The molecule has 1 fully saturated rings. The van der Waals surface area contributed by atoms with Crippen LogP contribution in [0.1, 0.15) is 29.6 Å². The number of likely N-dealkylation sites (tertiary alicyclic amines) is 1. The highest BCUT2D eigenvalue weighted by Crippen LogP contribution is 2.22. The summed E-state index contributed by atoms with van der Waals surface area (Å²) in [5.74, 6) is 0.0365. The molecule has 0 unspecified atom stereocenters. The van der Waals surface area contributed by atoms with Crippen molar-refractivity contribution in [3.05, 3.63) is 42.5 Å². The normalized spacial score (nSPS) is 18.7. The minimum atomic E-state index is 0.0365. The Kier molecular flexibility index (Phi) is 3.96. The monoisotopic (exact) mass is 285 g/mol. The van der Waals surface area contributed by atoms with Gasteiger partial charge in [0, 0.05) is 19.1 Å². The highest BCUT2D eigenvalue weighted by Gasteiger charge is 2.27. The first kappa shape index (κ1) is 13.8. The Labute approximate surface area is 123 Å². The number of carbonyl (C=O) groups is 1. The highest BCUT2D eigenvalue weighted by atomic mass is 16.2. The predicted molar refractivity (Wildman–Crippen MR) is 79.1 cm³/mol. The van der Waals surface area contributed by atoms with Gasteiger partial charge in [-0.1, -0.05) is 12.1 Å². The molecule has 2 N–H and O–H groups in total. The summed E-state index contributed by atoms with van der Waals surface area (Å²) in [5, 5.41) is 7.62. The Morgan fingerprint density at radius 3 is 2.76 bits per heavy atom. The molecule has 0 spiro atoms. The third kappa shape index (κ3) is 2.67. The van der Waals surface area contributed by atoms with Crippen LogP contribution in [-0.2, 0) is 0 Å². The molecule has 0 aliphatic carbocycles. The number of hydrogen-bond donors (Lipinski definition) is 1. The molecular weight excluding hydrogens is 266 g/mol. The molecular formula is C15H19N5O. The van der Waals surface area contributed by atoms with Crippen LogP contribution in [0.3, 0.4) is 0 Å². The van der Waals surface area contributed by atoms with Crippen molar-refractivity contribution < 1.29 is 4.79 Å². The maximum Gasteiger partial charge on any atom is 0.256 e. The lowest BCUT2D eigenvalue weighted by atomic mass is 10.0. The van der Waals surface area contributed by atoms with E-state index in [0.29, 0.717) is 12.1 Å². The van der Waals surface area contributed by atoms with E-state index in [4.69, 9.17) is 5.73 Å². The van der Waals surface area contributed by atoms with E-state index in [1.54, 1.807) is 17.2 Å². The topological polar surface area (TPSA) is 77.0 Å². The van der Waals surface area contributed by atoms with Gasteiger partial charge in [-0.2, -0.15) is 0 Å². The molecule has 0 radical (unpaired) electrons. The Morgan fingerprint density at radius 2 is 2.00 bits per heavy atom. The van der Waals surface area contributed by atoms with Gasteiger partial charge in [0.1, 0.15) is 12.7 Å². The second-order valence-electron chi connectivity index (χ2n) is 5.27. The van der Waals surface area contributed by atoms with Gasteiger partial charge >= 0.3 is 0 Å². The molecule has 1 amide bonds. The van der Waals surface area contributed by atoms with Gasteiger partial charge in [0.05, 0.1) is 11.3 Å². The van der Waals surface area contributed by atoms with Crippen molar-refractivity contribution in [2.75, 3.05) is 13.1 Å². The molecule has 6 heteroatoms. The summed E-state index contributed by atoms with van der Waals surface area (Å²) in [7, 11) is 0. The second-order valence-corrected chi connectivity index (χ2v) is 5.27. The summed E-state index contributed by atoms with van der Waals surface area (Å²) in [4.78, 5) is 14.8. The molecule has 1 aliphatic rings. The first-order valence-electron chi connectivity index (χ1n) is 7.26. The zero-order valence-corrected chi connectivity index (χ0v) is 11.9. The van der Waals surface area contributed by atoms with Gasteiger partial charge in [0.25, 0.3) is 5.91 Å². The van der Waals surface area contributed by atoms with Crippen molar-refractivity contribution in [2.24, 2.45) is 5.73 Å². The Balaban J connectivity index is 1.94. The molecule has 2 heterocycles. The number of rotatable bonds is 3. The summed E-state index contributed by atoms with van der Waals surface area (Å²) >= 11 is 0. The maximum atomic E-state index is 12.9. The van der Waals surface area contributed by atoms with Crippen molar-refractivity contribution in [3.63, 3.8) is 0 Å². The Hall–Kier alpha value is -2.21. The fourth-order valence-corrected chi connectivity index (χ4v) is 2.87. The lowest BCUT2D eigenvalue weighted by Crippen LogP contribution is -2.47. The van der Waals surface area contributed by atoms with Gasteiger partial charge in [0.2, 0.25) is 0 Å². The third-order valence-electron chi connectivity index (χ3n) is 3.99. The summed E-state index contributed by atoms with van der Waals surface area (Å²) < 4.78 is 1.76. The number of nitrogens with zero attached hydrogens (tertiary/aromatic N) is 4. The second kappa shape index (κ2) is 6.05. The van der Waals surface area contributed by atoms with Crippen LogP contribution in [0.5, 0.6) is 0 Å². The van der Waals surface area contributed by atoms with Gasteiger partial charge in [0.15, 0.2) is 0 Å². The Bertz CT molecular complexity index is 610. The van der Waals surface area contributed by atoms with Crippen LogP contribution >= 0.6 is 0 Å². The number of amides is 1. The average molecular weight is 285 g/mol. The number of carbonyl (C=O) groups excluding carboxylic acids is 1. The molecule has 21 heavy (non-hydrogen) atoms. The fourth-order valence-electron chi connectivity index (χ4n) is 2.87. The first-order chi connectivity index (χ1) is 10.3. The van der Waals surface area contributed by atoms with Crippen LogP contribution in [0, 0.1) is 0 Å². The fraction of sp³-hybridized carbons (Fsp3) is 0.400. The van der Waals surface area contributed by atoms with Gasteiger partial charge < -0.3 is 10.6 Å². The molecule has 0 bridgehead atoms. The molecule has 1 aromatic heterocycles. The number of benzene rings is 1. The smallest absolute Gasteiger partial charge is 0.256 e. The van der Waals surface area contributed by atoms with E-state index < -0.39 is 0 Å². The minimum Gasteiger partial charge on any atom is -0.334 e. The van der Waals surface area contributed by atoms with Gasteiger partial charge in [-0.25, -0.2) is 0 Å². The SMILES string of the molecule is NC[C@@H]1CCCCN1C(=O)c1ccccc1-n1cnnc1. The van der Waals surface area contributed by atoms with Crippen molar-refractivity contribution in [3.8, 4) is 5.69 Å². The molecule has 1 saturated heterocycles. The molecule has 0 saturated carbocycles. The van der Waals surface area contributed by atoms with Crippen LogP contribution in [-0.4, -0.2) is 44.7 Å². The largest absolute Gasteiger partial charge is 0.334 e. The van der Waals surface area contributed by atoms with E-state index in [9.17, 15) is 4.79 Å². The van der Waals surface area contributed by atoms with Crippen LogP contribution in [0.2, 0.25) is 0 Å². The summed E-state index contributed by atoms with van der Waals surface area (Å²) in [5.41, 5.74) is 7.29. The summed E-state index contributed by atoms with van der Waals surface area (Å²) in [6.45, 7) is 1.29. The molecule has 110 valence electrons. The zero-order valence-electron chi connectivity index (χ0n) is 11.9. The van der Waals surface area contributed by atoms with Crippen LogP contribution < -0.4 is 5.73 Å². The van der Waals surface area contributed by atoms with Gasteiger partial charge in [-0.3, -0.25) is 9.36 Å². The standard InChI is InChI=1S/C15H19N5O/c16-9-12-5-3-4-8-20(12)15(21)13-6-1-2-7-14(13)19-10-17-18-11-19/h1-2,6-7,10-12H,3-5,8-9,16H2/t12-/m0/s1.